The SMILES string of the molecule is Cc1cccc(N2CCCN(Cc3ccc(-c4ccc(-c5noc(C)n5)cc4)cc3)CC2)n1. The molecule has 1 fully saturated rings. The van der Waals surface area contributed by atoms with Gasteiger partial charge in [0.05, 0.1) is 0 Å². The van der Waals surface area contributed by atoms with Crippen molar-refractivity contribution < 1.29 is 4.52 Å². The maximum Gasteiger partial charge on any atom is 0.223 e. The molecule has 6 nitrogen and oxygen atoms in total. The van der Waals surface area contributed by atoms with Crippen LogP contribution in [0.25, 0.3) is 22.5 Å². The smallest absolute Gasteiger partial charge is 0.223 e. The fourth-order valence-corrected chi connectivity index (χ4v) is 4.35. The molecule has 3 heterocycles. The lowest BCUT2D eigenvalue weighted by Gasteiger charge is -2.23. The second kappa shape index (κ2) is 9.55. The highest BCUT2D eigenvalue weighted by Crippen LogP contribution is 2.24. The van der Waals surface area contributed by atoms with Crippen LogP contribution < -0.4 is 4.90 Å². The van der Waals surface area contributed by atoms with Crippen LogP contribution in [-0.4, -0.2) is 46.2 Å². The summed E-state index contributed by atoms with van der Waals surface area (Å²) in [6, 6.07) is 23.5. The monoisotopic (exact) mass is 439 g/mol. The molecule has 2 aromatic heterocycles. The maximum atomic E-state index is 5.08. The number of hydrogen-bond acceptors (Lipinski definition) is 6. The van der Waals surface area contributed by atoms with Gasteiger partial charge in [-0.15, -0.1) is 0 Å². The molecule has 0 atom stereocenters. The van der Waals surface area contributed by atoms with Crippen molar-refractivity contribution in [1.82, 2.24) is 20.0 Å². The first-order valence-electron chi connectivity index (χ1n) is 11.5. The van der Waals surface area contributed by atoms with E-state index in [2.05, 4.69) is 81.5 Å². The molecule has 0 aliphatic carbocycles. The molecule has 1 aliphatic rings. The van der Waals surface area contributed by atoms with Crippen LogP contribution in [0.15, 0.2) is 71.3 Å². The fourth-order valence-electron chi connectivity index (χ4n) is 4.35. The third-order valence-corrected chi connectivity index (χ3v) is 6.15. The van der Waals surface area contributed by atoms with Crippen molar-refractivity contribution in [2.24, 2.45) is 0 Å². The third kappa shape index (κ3) is 5.12. The summed E-state index contributed by atoms with van der Waals surface area (Å²) in [5, 5.41) is 3.99. The van der Waals surface area contributed by atoms with Crippen LogP contribution >= 0.6 is 0 Å². The molecule has 0 radical (unpaired) electrons. The number of aromatic nitrogens is 3. The van der Waals surface area contributed by atoms with Crippen LogP contribution in [0.2, 0.25) is 0 Å². The van der Waals surface area contributed by atoms with Gasteiger partial charge in [0.1, 0.15) is 5.82 Å². The van der Waals surface area contributed by atoms with Crippen molar-refractivity contribution in [2.45, 2.75) is 26.8 Å². The zero-order valence-corrected chi connectivity index (χ0v) is 19.2. The van der Waals surface area contributed by atoms with Crippen LogP contribution in [0.5, 0.6) is 0 Å². The molecule has 0 amide bonds. The minimum atomic E-state index is 0.577. The maximum absolute atomic E-state index is 5.08. The molecule has 33 heavy (non-hydrogen) atoms. The van der Waals surface area contributed by atoms with E-state index in [0.717, 1.165) is 56.2 Å². The highest BCUT2D eigenvalue weighted by atomic mass is 16.5. The summed E-state index contributed by atoms with van der Waals surface area (Å²) in [6.07, 6.45) is 1.15. The van der Waals surface area contributed by atoms with E-state index in [-0.39, 0.29) is 0 Å². The largest absolute Gasteiger partial charge is 0.355 e. The van der Waals surface area contributed by atoms with Gasteiger partial charge in [-0.3, -0.25) is 4.90 Å². The van der Waals surface area contributed by atoms with Gasteiger partial charge in [-0.1, -0.05) is 59.8 Å². The summed E-state index contributed by atoms with van der Waals surface area (Å²) >= 11 is 0. The summed E-state index contributed by atoms with van der Waals surface area (Å²) in [6.45, 7) is 9.07. The molecular weight excluding hydrogens is 410 g/mol. The minimum absolute atomic E-state index is 0.577. The minimum Gasteiger partial charge on any atom is -0.355 e. The van der Waals surface area contributed by atoms with Crippen LogP contribution in [0.4, 0.5) is 5.82 Å². The molecule has 168 valence electrons. The Morgan fingerprint density at radius 2 is 1.48 bits per heavy atom. The van der Waals surface area contributed by atoms with E-state index in [1.54, 1.807) is 6.92 Å². The van der Waals surface area contributed by atoms with Crippen LogP contribution in [-0.2, 0) is 6.54 Å². The second-order valence-electron chi connectivity index (χ2n) is 8.67. The molecule has 4 aromatic rings. The fraction of sp³-hybridized carbons (Fsp3) is 0.296. The van der Waals surface area contributed by atoms with Gasteiger partial charge in [-0.05, 0) is 42.2 Å². The lowest BCUT2D eigenvalue weighted by Crippen LogP contribution is -2.31. The predicted octanol–water partition coefficient (Wildman–Crippen LogP) is 5.13. The molecule has 0 unspecified atom stereocenters. The lowest BCUT2D eigenvalue weighted by atomic mass is 10.0. The second-order valence-corrected chi connectivity index (χ2v) is 8.67. The van der Waals surface area contributed by atoms with E-state index in [1.807, 2.05) is 12.1 Å². The third-order valence-electron chi connectivity index (χ3n) is 6.15. The first-order valence-corrected chi connectivity index (χ1v) is 11.5. The van der Waals surface area contributed by atoms with E-state index < -0.39 is 0 Å². The standard InChI is InChI=1S/C27H29N5O/c1-20-5-3-6-26(28-20)32-16-4-15-31(17-18-32)19-22-7-9-23(10-8-22)24-11-13-25(14-12-24)27-29-21(2)33-30-27/h3,5-14H,4,15-19H2,1-2H3. The number of anilines is 1. The highest BCUT2D eigenvalue weighted by molar-refractivity contribution is 5.67. The summed E-state index contributed by atoms with van der Waals surface area (Å²) < 4.78 is 5.08. The number of rotatable bonds is 5. The van der Waals surface area contributed by atoms with Gasteiger partial charge >= 0.3 is 0 Å². The van der Waals surface area contributed by atoms with Gasteiger partial charge in [-0.2, -0.15) is 4.98 Å². The molecule has 6 heteroatoms. The molecule has 1 aliphatic heterocycles. The van der Waals surface area contributed by atoms with Crippen molar-refractivity contribution in [2.75, 3.05) is 31.1 Å². The van der Waals surface area contributed by atoms with E-state index in [1.165, 1.54) is 16.7 Å². The van der Waals surface area contributed by atoms with Gasteiger partial charge in [0, 0.05) is 50.9 Å². The summed E-state index contributed by atoms with van der Waals surface area (Å²) in [7, 11) is 0. The molecule has 1 saturated heterocycles. The number of benzene rings is 2. The van der Waals surface area contributed by atoms with Crippen molar-refractivity contribution in [1.29, 1.82) is 0 Å². The van der Waals surface area contributed by atoms with Crippen molar-refractivity contribution in [3.63, 3.8) is 0 Å². The lowest BCUT2D eigenvalue weighted by molar-refractivity contribution is 0.285. The first kappa shape index (κ1) is 21.3. The van der Waals surface area contributed by atoms with Gasteiger partial charge in [-0.25, -0.2) is 4.98 Å². The number of aryl methyl sites for hydroxylation is 2. The van der Waals surface area contributed by atoms with Crippen molar-refractivity contribution in [3.05, 3.63) is 83.9 Å². The Morgan fingerprint density at radius 1 is 0.758 bits per heavy atom. The topological polar surface area (TPSA) is 58.3 Å². The summed E-state index contributed by atoms with van der Waals surface area (Å²) in [5.74, 6) is 2.30. The Labute approximate surface area is 194 Å². The summed E-state index contributed by atoms with van der Waals surface area (Å²) in [4.78, 5) is 14.0. The Bertz CT molecular complexity index is 1200. The van der Waals surface area contributed by atoms with Crippen molar-refractivity contribution >= 4 is 5.82 Å². The Kier molecular flexibility index (Phi) is 6.17. The quantitative estimate of drug-likeness (QED) is 0.430. The van der Waals surface area contributed by atoms with Gasteiger partial charge in [0.25, 0.3) is 0 Å². The Morgan fingerprint density at radius 3 is 2.18 bits per heavy atom. The van der Waals surface area contributed by atoms with Crippen LogP contribution in [0, 0.1) is 13.8 Å². The number of hydrogen-bond donors (Lipinski definition) is 0. The average molecular weight is 440 g/mol. The Balaban J connectivity index is 1.20. The van der Waals surface area contributed by atoms with Crippen molar-refractivity contribution in [3.8, 4) is 22.5 Å². The van der Waals surface area contributed by atoms with Gasteiger partial charge in [0.15, 0.2) is 0 Å². The molecule has 5 rings (SSSR count). The van der Waals surface area contributed by atoms with E-state index in [9.17, 15) is 0 Å². The zero-order chi connectivity index (χ0) is 22.6. The Hall–Kier alpha value is -3.51. The molecule has 0 saturated carbocycles. The first-order chi connectivity index (χ1) is 16.1. The normalized spacial score (nSPS) is 14.9. The van der Waals surface area contributed by atoms with E-state index in [4.69, 9.17) is 9.51 Å². The molecular formula is C27H29N5O. The van der Waals surface area contributed by atoms with E-state index >= 15 is 0 Å². The van der Waals surface area contributed by atoms with Crippen LogP contribution in [0.1, 0.15) is 23.6 Å². The highest BCUT2D eigenvalue weighted by Gasteiger charge is 2.16. The summed E-state index contributed by atoms with van der Waals surface area (Å²) in [5.41, 5.74) is 5.78. The molecule has 0 bridgehead atoms. The molecule has 0 N–H and O–H groups in total. The molecule has 0 spiro atoms. The number of pyridine rings is 1. The van der Waals surface area contributed by atoms with E-state index in [0.29, 0.717) is 11.7 Å². The number of nitrogens with zero attached hydrogens (tertiary/aromatic N) is 5. The van der Waals surface area contributed by atoms with Gasteiger partial charge in [0.2, 0.25) is 11.7 Å². The zero-order valence-electron chi connectivity index (χ0n) is 19.2. The van der Waals surface area contributed by atoms with Gasteiger partial charge < -0.3 is 9.42 Å². The molecule has 2 aromatic carbocycles. The average Bonchev–Trinajstić information content (AvgIpc) is 3.14. The predicted molar refractivity (Wildman–Crippen MR) is 131 cm³/mol. The van der Waals surface area contributed by atoms with Crippen LogP contribution in [0.3, 0.4) is 0 Å².